The maximum atomic E-state index is 13.3. The standard InChI is InChI=1S/C21H21FN4O2S/c1-23-19(27)15-6-4-14(5-7-15)13-25(2)20(28)18-12-24-21(29-3)26(18)17-10-8-16(22)9-11-17/h4-12H,13H2,1-3H3,(H,23,27). The Hall–Kier alpha value is -3.13. The maximum Gasteiger partial charge on any atom is 0.272 e. The van der Waals surface area contributed by atoms with Gasteiger partial charge in [0.2, 0.25) is 0 Å². The number of benzene rings is 2. The first kappa shape index (κ1) is 20.6. The van der Waals surface area contributed by atoms with E-state index in [1.54, 1.807) is 47.8 Å². The zero-order chi connectivity index (χ0) is 21.0. The van der Waals surface area contributed by atoms with Gasteiger partial charge in [0.05, 0.1) is 6.20 Å². The summed E-state index contributed by atoms with van der Waals surface area (Å²) in [5.41, 5.74) is 2.51. The van der Waals surface area contributed by atoms with Gasteiger partial charge in [-0.2, -0.15) is 0 Å². The average Bonchev–Trinajstić information content (AvgIpc) is 3.17. The van der Waals surface area contributed by atoms with Crippen LogP contribution in [0.3, 0.4) is 0 Å². The van der Waals surface area contributed by atoms with Gasteiger partial charge in [0.15, 0.2) is 5.16 Å². The Bertz CT molecular complexity index is 1020. The summed E-state index contributed by atoms with van der Waals surface area (Å²) in [6.45, 7) is 0.371. The first-order valence-corrected chi connectivity index (χ1v) is 10.1. The molecule has 1 N–H and O–H groups in total. The molecule has 0 spiro atoms. The topological polar surface area (TPSA) is 67.2 Å². The number of aromatic nitrogens is 2. The van der Waals surface area contributed by atoms with Crippen LogP contribution in [-0.4, -0.2) is 46.6 Å². The molecule has 0 saturated carbocycles. The van der Waals surface area contributed by atoms with Crippen molar-refractivity contribution in [1.29, 1.82) is 0 Å². The zero-order valence-corrected chi connectivity index (χ0v) is 17.2. The molecular weight excluding hydrogens is 391 g/mol. The van der Waals surface area contributed by atoms with Gasteiger partial charge < -0.3 is 10.2 Å². The Morgan fingerprint density at radius 3 is 2.38 bits per heavy atom. The highest BCUT2D eigenvalue weighted by Crippen LogP contribution is 2.23. The van der Waals surface area contributed by atoms with Gasteiger partial charge in [-0.15, -0.1) is 0 Å². The summed E-state index contributed by atoms with van der Waals surface area (Å²) in [6.07, 6.45) is 3.40. The molecule has 1 aromatic heterocycles. The van der Waals surface area contributed by atoms with Crippen LogP contribution in [0.4, 0.5) is 4.39 Å². The minimum Gasteiger partial charge on any atom is -0.355 e. The van der Waals surface area contributed by atoms with E-state index in [2.05, 4.69) is 10.3 Å². The summed E-state index contributed by atoms with van der Waals surface area (Å²) in [6, 6.07) is 13.0. The molecule has 8 heteroatoms. The normalized spacial score (nSPS) is 10.6. The van der Waals surface area contributed by atoms with Crippen molar-refractivity contribution in [2.75, 3.05) is 20.4 Å². The van der Waals surface area contributed by atoms with Crippen LogP contribution in [0.15, 0.2) is 59.9 Å². The van der Waals surface area contributed by atoms with E-state index in [4.69, 9.17) is 0 Å². The molecule has 0 fully saturated rings. The van der Waals surface area contributed by atoms with Crippen molar-refractivity contribution >= 4 is 23.6 Å². The number of imidazole rings is 1. The van der Waals surface area contributed by atoms with E-state index >= 15 is 0 Å². The number of amides is 2. The molecule has 0 saturated heterocycles. The van der Waals surface area contributed by atoms with Crippen LogP contribution < -0.4 is 5.32 Å². The monoisotopic (exact) mass is 412 g/mol. The van der Waals surface area contributed by atoms with Crippen LogP contribution in [0.2, 0.25) is 0 Å². The number of nitrogens with one attached hydrogen (secondary N) is 1. The van der Waals surface area contributed by atoms with Gasteiger partial charge in [0.1, 0.15) is 11.5 Å². The third-order valence-electron chi connectivity index (χ3n) is 4.43. The second kappa shape index (κ2) is 8.91. The summed E-state index contributed by atoms with van der Waals surface area (Å²) in [5, 5.41) is 3.22. The van der Waals surface area contributed by atoms with Crippen molar-refractivity contribution in [2.24, 2.45) is 0 Å². The number of carbonyl (C=O) groups excluding carboxylic acids is 2. The largest absolute Gasteiger partial charge is 0.355 e. The van der Waals surface area contributed by atoms with Gasteiger partial charge >= 0.3 is 0 Å². The molecule has 29 heavy (non-hydrogen) atoms. The number of halogens is 1. The lowest BCUT2D eigenvalue weighted by molar-refractivity contribution is 0.0776. The molecule has 0 radical (unpaired) electrons. The summed E-state index contributed by atoms with van der Waals surface area (Å²) >= 11 is 1.40. The second-order valence-corrected chi connectivity index (χ2v) is 7.15. The fourth-order valence-corrected chi connectivity index (χ4v) is 3.46. The highest BCUT2D eigenvalue weighted by atomic mass is 32.2. The molecule has 0 aliphatic rings. The Kier molecular flexibility index (Phi) is 6.33. The van der Waals surface area contributed by atoms with Crippen molar-refractivity contribution in [2.45, 2.75) is 11.7 Å². The predicted octanol–water partition coefficient (Wildman–Crippen LogP) is 3.37. The Balaban J connectivity index is 1.84. The van der Waals surface area contributed by atoms with Gasteiger partial charge in [-0.1, -0.05) is 23.9 Å². The quantitative estimate of drug-likeness (QED) is 0.631. The third-order valence-corrected chi connectivity index (χ3v) is 5.08. The lowest BCUT2D eigenvalue weighted by Gasteiger charge is -2.19. The van der Waals surface area contributed by atoms with E-state index in [9.17, 15) is 14.0 Å². The molecule has 3 rings (SSSR count). The highest BCUT2D eigenvalue weighted by molar-refractivity contribution is 7.98. The number of thioether (sulfide) groups is 1. The fraction of sp³-hybridized carbons (Fsp3) is 0.190. The molecule has 2 amide bonds. The number of rotatable bonds is 6. The van der Waals surface area contributed by atoms with Crippen LogP contribution in [0.1, 0.15) is 26.4 Å². The molecule has 0 atom stereocenters. The van der Waals surface area contributed by atoms with Gasteiger partial charge in [0, 0.05) is 31.9 Å². The number of nitrogens with zero attached hydrogens (tertiary/aromatic N) is 3. The third kappa shape index (κ3) is 4.48. The van der Waals surface area contributed by atoms with E-state index in [1.807, 2.05) is 18.4 Å². The van der Waals surface area contributed by atoms with E-state index in [-0.39, 0.29) is 17.6 Å². The second-order valence-electron chi connectivity index (χ2n) is 6.38. The summed E-state index contributed by atoms with van der Waals surface area (Å²) in [4.78, 5) is 30.6. The highest BCUT2D eigenvalue weighted by Gasteiger charge is 2.21. The molecule has 0 bridgehead atoms. The molecule has 1 heterocycles. The van der Waals surface area contributed by atoms with E-state index < -0.39 is 0 Å². The van der Waals surface area contributed by atoms with Gasteiger partial charge in [-0.25, -0.2) is 9.37 Å². The van der Waals surface area contributed by atoms with Crippen molar-refractivity contribution in [3.63, 3.8) is 0 Å². The summed E-state index contributed by atoms with van der Waals surface area (Å²) < 4.78 is 15.0. The van der Waals surface area contributed by atoms with Gasteiger partial charge in [-0.05, 0) is 48.2 Å². The Morgan fingerprint density at radius 1 is 1.14 bits per heavy atom. The van der Waals surface area contributed by atoms with Crippen molar-refractivity contribution in [1.82, 2.24) is 19.8 Å². The number of hydrogen-bond acceptors (Lipinski definition) is 4. The van der Waals surface area contributed by atoms with Crippen LogP contribution in [0.5, 0.6) is 0 Å². The summed E-state index contributed by atoms with van der Waals surface area (Å²) in [5.74, 6) is -0.712. The number of hydrogen-bond donors (Lipinski definition) is 1. The lowest BCUT2D eigenvalue weighted by Crippen LogP contribution is -2.28. The molecular formula is C21H21FN4O2S. The first-order valence-electron chi connectivity index (χ1n) is 8.88. The minimum absolute atomic E-state index is 0.159. The Morgan fingerprint density at radius 2 is 1.79 bits per heavy atom. The van der Waals surface area contributed by atoms with Crippen LogP contribution in [0.25, 0.3) is 5.69 Å². The molecule has 150 valence electrons. The van der Waals surface area contributed by atoms with E-state index in [1.165, 1.54) is 30.1 Å². The molecule has 0 aliphatic heterocycles. The predicted molar refractivity (Wildman–Crippen MR) is 111 cm³/mol. The van der Waals surface area contributed by atoms with Gasteiger partial charge in [0.25, 0.3) is 11.8 Å². The van der Waals surface area contributed by atoms with E-state index in [0.29, 0.717) is 28.6 Å². The van der Waals surface area contributed by atoms with Crippen LogP contribution >= 0.6 is 11.8 Å². The molecule has 0 unspecified atom stereocenters. The minimum atomic E-state index is -0.343. The molecule has 6 nitrogen and oxygen atoms in total. The van der Waals surface area contributed by atoms with Crippen LogP contribution in [-0.2, 0) is 6.54 Å². The number of carbonyl (C=O) groups is 2. The Labute approximate surface area is 172 Å². The fourth-order valence-electron chi connectivity index (χ4n) is 2.92. The molecule has 0 aliphatic carbocycles. The maximum absolute atomic E-state index is 13.3. The zero-order valence-electron chi connectivity index (χ0n) is 16.3. The van der Waals surface area contributed by atoms with Gasteiger partial charge in [-0.3, -0.25) is 14.2 Å². The lowest BCUT2D eigenvalue weighted by atomic mass is 10.1. The smallest absolute Gasteiger partial charge is 0.272 e. The van der Waals surface area contributed by atoms with Crippen molar-refractivity contribution in [3.8, 4) is 5.69 Å². The SMILES string of the molecule is CNC(=O)c1ccc(CN(C)C(=O)c2cnc(SC)n2-c2ccc(F)cc2)cc1. The van der Waals surface area contributed by atoms with Crippen molar-refractivity contribution < 1.29 is 14.0 Å². The van der Waals surface area contributed by atoms with E-state index in [0.717, 1.165) is 5.56 Å². The van der Waals surface area contributed by atoms with Crippen LogP contribution in [0, 0.1) is 5.82 Å². The molecule has 3 aromatic rings. The summed E-state index contributed by atoms with van der Waals surface area (Å²) in [7, 11) is 3.28. The first-order chi connectivity index (χ1) is 13.9. The van der Waals surface area contributed by atoms with Crippen molar-refractivity contribution in [3.05, 3.63) is 77.4 Å². The average molecular weight is 412 g/mol. The molecule has 2 aromatic carbocycles.